The van der Waals surface area contributed by atoms with Crippen molar-refractivity contribution < 1.29 is 19.4 Å². The fraction of sp³-hybridized carbons (Fsp3) is 0.455. The van der Waals surface area contributed by atoms with E-state index in [0.29, 0.717) is 17.9 Å². The van der Waals surface area contributed by atoms with Gasteiger partial charge >= 0.3 is 0 Å². The quantitative estimate of drug-likeness (QED) is 0.223. The van der Waals surface area contributed by atoms with Gasteiger partial charge in [0.2, 0.25) is 0 Å². The zero-order valence-corrected chi connectivity index (χ0v) is 24.2. The molecule has 0 aliphatic heterocycles. The van der Waals surface area contributed by atoms with Crippen molar-refractivity contribution in [2.45, 2.75) is 77.0 Å². The molecule has 1 saturated carbocycles. The van der Waals surface area contributed by atoms with Crippen molar-refractivity contribution in [1.29, 1.82) is 0 Å². The summed E-state index contributed by atoms with van der Waals surface area (Å²) >= 11 is 0. The standard InChI is InChI=1S/C33H44O4Si/c1-32(2,3)38(29-16-7-4-8-17-29,30-18-9-5-10-19-30)37-25-23-33(20-11-6-12-21-33)22-24-36-28-15-13-14-27(26-28)31(34)35/h4-5,7-10,13-19,26,31,34-35H,6,11-12,20-25H2,1-3H3. The van der Waals surface area contributed by atoms with Crippen LogP contribution < -0.4 is 15.1 Å². The number of benzene rings is 3. The molecular weight excluding hydrogens is 488 g/mol. The molecule has 3 aromatic carbocycles. The summed E-state index contributed by atoms with van der Waals surface area (Å²) in [7, 11) is -2.55. The largest absolute Gasteiger partial charge is 0.494 e. The molecule has 3 aromatic rings. The third-order valence-electron chi connectivity index (χ3n) is 8.34. The first kappa shape index (κ1) is 28.6. The third-order valence-corrected chi connectivity index (χ3v) is 13.4. The molecule has 0 aromatic heterocycles. The van der Waals surface area contributed by atoms with E-state index in [2.05, 4.69) is 81.4 Å². The molecule has 0 saturated heterocycles. The summed E-state index contributed by atoms with van der Waals surface area (Å²) in [4.78, 5) is 0. The van der Waals surface area contributed by atoms with Crippen molar-refractivity contribution in [3.8, 4) is 5.75 Å². The van der Waals surface area contributed by atoms with Gasteiger partial charge in [-0.2, -0.15) is 0 Å². The first-order valence-corrected chi connectivity index (χ1v) is 16.0. The summed E-state index contributed by atoms with van der Waals surface area (Å²) in [6, 6.07) is 28.8. The molecule has 204 valence electrons. The molecule has 0 radical (unpaired) electrons. The molecule has 0 atom stereocenters. The van der Waals surface area contributed by atoms with Crippen molar-refractivity contribution in [1.82, 2.24) is 0 Å². The Hall–Kier alpha value is -2.44. The molecule has 2 N–H and O–H groups in total. The van der Waals surface area contributed by atoms with E-state index in [9.17, 15) is 10.2 Å². The number of hydrogen-bond donors (Lipinski definition) is 2. The highest BCUT2D eigenvalue weighted by Crippen LogP contribution is 2.43. The minimum atomic E-state index is -2.55. The number of hydrogen-bond acceptors (Lipinski definition) is 4. The lowest BCUT2D eigenvalue weighted by Gasteiger charge is -2.44. The van der Waals surface area contributed by atoms with E-state index < -0.39 is 14.6 Å². The van der Waals surface area contributed by atoms with Gasteiger partial charge in [0, 0.05) is 12.2 Å². The van der Waals surface area contributed by atoms with Crippen LogP contribution in [0.2, 0.25) is 5.04 Å². The normalized spacial score (nSPS) is 15.9. The Balaban J connectivity index is 1.52. The first-order chi connectivity index (χ1) is 18.3. The molecule has 38 heavy (non-hydrogen) atoms. The topological polar surface area (TPSA) is 58.9 Å². The van der Waals surface area contributed by atoms with Crippen LogP contribution in [0.25, 0.3) is 0 Å². The van der Waals surface area contributed by atoms with Gasteiger partial charge in [-0.05, 0) is 58.6 Å². The minimum absolute atomic E-state index is 0.0270. The SMILES string of the molecule is CC(C)(C)[Si](OCCC1(CCOc2cccc(C(O)O)c2)CCCCC1)(c1ccccc1)c1ccccc1. The van der Waals surface area contributed by atoms with E-state index in [-0.39, 0.29) is 10.5 Å². The molecule has 1 fully saturated rings. The molecule has 1 aliphatic carbocycles. The van der Waals surface area contributed by atoms with Gasteiger partial charge in [0.05, 0.1) is 6.61 Å². The van der Waals surface area contributed by atoms with Gasteiger partial charge in [-0.3, -0.25) is 0 Å². The zero-order valence-electron chi connectivity index (χ0n) is 23.2. The van der Waals surface area contributed by atoms with Gasteiger partial charge in [-0.15, -0.1) is 0 Å². The maximum Gasteiger partial charge on any atom is 0.261 e. The predicted octanol–water partition coefficient (Wildman–Crippen LogP) is 6.36. The van der Waals surface area contributed by atoms with Crippen LogP contribution >= 0.6 is 0 Å². The molecule has 0 bridgehead atoms. The predicted molar refractivity (Wildman–Crippen MR) is 157 cm³/mol. The maximum absolute atomic E-state index is 9.49. The van der Waals surface area contributed by atoms with Crippen molar-refractivity contribution >= 4 is 18.7 Å². The average Bonchev–Trinajstić information content (AvgIpc) is 2.92. The highest BCUT2D eigenvalue weighted by Gasteiger charge is 2.50. The Bertz CT molecular complexity index is 1080. The first-order valence-electron chi connectivity index (χ1n) is 14.1. The van der Waals surface area contributed by atoms with Crippen LogP contribution in [0.15, 0.2) is 84.9 Å². The van der Waals surface area contributed by atoms with Crippen LogP contribution in [0.1, 0.15) is 77.6 Å². The molecule has 0 spiro atoms. The number of aliphatic hydroxyl groups excluding tert-OH is 1. The van der Waals surface area contributed by atoms with Crippen molar-refractivity contribution in [2.75, 3.05) is 13.2 Å². The van der Waals surface area contributed by atoms with Gasteiger partial charge in [0.1, 0.15) is 5.75 Å². The van der Waals surface area contributed by atoms with Crippen LogP contribution in [0.4, 0.5) is 0 Å². The Morgan fingerprint density at radius 3 is 1.89 bits per heavy atom. The van der Waals surface area contributed by atoms with Crippen LogP contribution in [-0.4, -0.2) is 31.7 Å². The van der Waals surface area contributed by atoms with Crippen LogP contribution in [0.5, 0.6) is 5.75 Å². The van der Waals surface area contributed by atoms with E-state index in [1.54, 1.807) is 18.2 Å². The third kappa shape index (κ3) is 6.57. The van der Waals surface area contributed by atoms with E-state index in [1.807, 2.05) is 6.07 Å². The summed E-state index contributed by atoms with van der Waals surface area (Å²) < 4.78 is 13.4. The Morgan fingerprint density at radius 2 is 1.34 bits per heavy atom. The van der Waals surface area contributed by atoms with Crippen LogP contribution in [-0.2, 0) is 4.43 Å². The molecule has 0 heterocycles. The van der Waals surface area contributed by atoms with Crippen molar-refractivity contribution in [2.24, 2.45) is 5.41 Å². The summed E-state index contributed by atoms with van der Waals surface area (Å²) in [5.74, 6) is 0.685. The number of aliphatic hydroxyl groups is 2. The highest BCUT2D eigenvalue weighted by molar-refractivity contribution is 6.99. The fourth-order valence-electron chi connectivity index (χ4n) is 6.26. The Morgan fingerprint density at radius 1 is 0.763 bits per heavy atom. The molecule has 0 amide bonds. The average molecular weight is 533 g/mol. The Kier molecular flexibility index (Phi) is 9.48. The zero-order chi connectivity index (χ0) is 27.1. The molecule has 0 unspecified atom stereocenters. The van der Waals surface area contributed by atoms with Gasteiger partial charge in [0.25, 0.3) is 8.32 Å². The Labute approximate surface area is 229 Å². The van der Waals surface area contributed by atoms with Gasteiger partial charge in [-0.25, -0.2) is 0 Å². The fourth-order valence-corrected chi connectivity index (χ4v) is 10.8. The molecule has 1 aliphatic rings. The van der Waals surface area contributed by atoms with Crippen LogP contribution in [0.3, 0.4) is 0 Å². The lowest BCUT2D eigenvalue weighted by Crippen LogP contribution is -2.66. The van der Waals surface area contributed by atoms with Gasteiger partial charge < -0.3 is 19.4 Å². The number of rotatable bonds is 11. The number of ether oxygens (including phenoxy) is 1. The minimum Gasteiger partial charge on any atom is -0.494 e. The second kappa shape index (κ2) is 12.6. The highest BCUT2D eigenvalue weighted by atomic mass is 28.4. The van der Waals surface area contributed by atoms with E-state index in [1.165, 1.54) is 42.5 Å². The summed E-state index contributed by atoms with van der Waals surface area (Å²) in [5, 5.41) is 21.6. The molecule has 4 rings (SSSR count). The van der Waals surface area contributed by atoms with Gasteiger partial charge in [-0.1, -0.05) is 113 Å². The maximum atomic E-state index is 9.49. The summed E-state index contributed by atoms with van der Waals surface area (Å²) in [5.41, 5.74) is 0.658. The van der Waals surface area contributed by atoms with Gasteiger partial charge in [0.15, 0.2) is 6.29 Å². The second-order valence-electron chi connectivity index (χ2n) is 11.9. The molecular formula is C33H44O4Si. The molecule has 4 nitrogen and oxygen atoms in total. The second-order valence-corrected chi connectivity index (χ2v) is 16.2. The summed E-state index contributed by atoms with van der Waals surface area (Å²) in [6.07, 6.45) is 6.73. The van der Waals surface area contributed by atoms with E-state index >= 15 is 0 Å². The van der Waals surface area contributed by atoms with E-state index in [4.69, 9.17) is 9.16 Å². The summed E-state index contributed by atoms with van der Waals surface area (Å²) in [6.45, 7) is 8.35. The molecule has 5 heteroatoms. The monoisotopic (exact) mass is 532 g/mol. The lowest BCUT2D eigenvalue weighted by molar-refractivity contribution is -0.0426. The lowest BCUT2D eigenvalue weighted by atomic mass is 9.70. The van der Waals surface area contributed by atoms with E-state index in [0.717, 1.165) is 19.4 Å². The smallest absolute Gasteiger partial charge is 0.261 e. The van der Waals surface area contributed by atoms with Crippen LogP contribution in [0, 0.1) is 5.41 Å². The van der Waals surface area contributed by atoms with Crippen molar-refractivity contribution in [3.63, 3.8) is 0 Å². The van der Waals surface area contributed by atoms with Crippen molar-refractivity contribution in [3.05, 3.63) is 90.5 Å².